The molecule has 148 valence electrons. The molecule has 28 heavy (non-hydrogen) atoms. The van der Waals surface area contributed by atoms with E-state index in [9.17, 15) is 24.6 Å². The van der Waals surface area contributed by atoms with Crippen molar-refractivity contribution in [2.24, 2.45) is 0 Å². The fourth-order valence-electron chi connectivity index (χ4n) is 2.22. The Morgan fingerprint density at radius 2 is 1.43 bits per heavy atom. The minimum atomic E-state index is -1.64. The van der Waals surface area contributed by atoms with Crippen LogP contribution in [0.25, 0.3) is 0 Å². The van der Waals surface area contributed by atoms with Crippen molar-refractivity contribution in [1.29, 1.82) is 0 Å². The van der Waals surface area contributed by atoms with E-state index in [0.717, 1.165) is 12.8 Å². The number of hydrogen-bond donors (Lipinski definition) is 2. The Balaban J connectivity index is 1.86. The van der Waals surface area contributed by atoms with E-state index in [1.165, 1.54) is 30.3 Å². The first-order valence-corrected chi connectivity index (χ1v) is 8.34. The molecule has 0 bridgehead atoms. The molecule has 0 aliphatic rings. The quantitative estimate of drug-likeness (QED) is 0.582. The highest BCUT2D eigenvalue weighted by atomic mass is 17.3. The summed E-state index contributed by atoms with van der Waals surface area (Å²) in [7, 11) is 0. The van der Waals surface area contributed by atoms with Gasteiger partial charge < -0.3 is 10.2 Å². The Hall–Kier alpha value is -3.75. The Bertz CT molecular complexity index is 860. The van der Waals surface area contributed by atoms with Crippen LogP contribution in [0.2, 0.25) is 0 Å². The second-order valence-electron chi connectivity index (χ2n) is 5.59. The largest absolute Gasteiger partial charge is 0.592 e. The number of para-hydroxylation sites is 2. The van der Waals surface area contributed by atoms with Gasteiger partial charge in [0.2, 0.25) is 0 Å². The maximum atomic E-state index is 11.9. The lowest BCUT2D eigenvalue weighted by Gasteiger charge is -2.08. The molecular weight excluding hydrogens is 372 g/mol. The number of carbonyl (C=O) groups excluding carboxylic acids is 3. The molecule has 0 spiro atoms. The summed E-state index contributed by atoms with van der Waals surface area (Å²) in [5.41, 5.74) is 0.101. The summed E-state index contributed by atoms with van der Waals surface area (Å²) >= 11 is 0. The van der Waals surface area contributed by atoms with Crippen molar-refractivity contribution >= 4 is 18.1 Å². The summed E-state index contributed by atoms with van der Waals surface area (Å²) in [6.45, 7) is 1.99. The smallest absolute Gasteiger partial charge is 0.507 e. The van der Waals surface area contributed by atoms with Crippen molar-refractivity contribution in [3.05, 3.63) is 59.2 Å². The zero-order valence-corrected chi connectivity index (χ0v) is 14.9. The van der Waals surface area contributed by atoms with Crippen molar-refractivity contribution in [3.63, 3.8) is 0 Å². The third kappa shape index (κ3) is 5.37. The molecule has 9 nitrogen and oxygen atoms in total. The zero-order valence-electron chi connectivity index (χ0n) is 14.9. The molecule has 0 saturated carbocycles. The Kier molecular flexibility index (Phi) is 7.21. The van der Waals surface area contributed by atoms with Crippen LogP contribution in [0.3, 0.4) is 0 Å². The normalized spacial score (nSPS) is 10.0. The first-order chi connectivity index (χ1) is 13.4. The average molecular weight is 390 g/mol. The van der Waals surface area contributed by atoms with Crippen LogP contribution in [-0.4, -0.2) is 28.3 Å². The van der Waals surface area contributed by atoms with Gasteiger partial charge in [-0.15, -0.1) is 0 Å². The van der Waals surface area contributed by atoms with Gasteiger partial charge in [-0.2, -0.15) is 4.79 Å². The first kappa shape index (κ1) is 20.6. The summed E-state index contributed by atoms with van der Waals surface area (Å²) in [5, 5.41) is 19.6. The molecule has 0 saturated heterocycles. The number of benzene rings is 2. The van der Waals surface area contributed by atoms with Gasteiger partial charge in [-0.05, 0) is 36.6 Å². The van der Waals surface area contributed by atoms with Crippen LogP contribution >= 0.6 is 0 Å². The van der Waals surface area contributed by atoms with Crippen LogP contribution in [0.5, 0.6) is 11.5 Å². The minimum absolute atomic E-state index is 0.201. The van der Waals surface area contributed by atoms with E-state index < -0.39 is 18.1 Å². The van der Waals surface area contributed by atoms with E-state index in [-0.39, 0.29) is 22.6 Å². The molecule has 2 aromatic rings. The highest BCUT2D eigenvalue weighted by Gasteiger charge is 2.21. The number of phenolic OH excluding ortho intramolecular Hbond substituents is 2. The van der Waals surface area contributed by atoms with E-state index in [1.807, 2.05) is 6.92 Å². The molecule has 2 aromatic carbocycles. The number of hydrogen-bond acceptors (Lipinski definition) is 9. The van der Waals surface area contributed by atoms with Gasteiger partial charge >= 0.3 is 18.1 Å². The topological polar surface area (TPSA) is 129 Å². The van der Waals surface area contributed by atoms with Crippen LogP contribution in [0.1, 0.15) is 46.0 Å². The van der Waals surface area contributed by atoms with Crippen LogP contribution in [-0.2, 0) is 26.0 Å². The SMILES string of the molecule is CCCCc1cccc(C(=O)OOC(=O)OOC(=O)c2ccccc2O)c1O. The number of phenols is 2. The fourth-order valence-corrected chi connectivity index (χ4v) is 2.22. The molecule has 0 aliphatic heterocycles. The molecule has 2 N–H and O–H groups in total. The number of carbonyl (C=O) groups is 3. The second kappa shape index (κ2) is 9.81. The van der Waals surface area contributed by atoms with Gasteiger partial charge in [0.15, 0.2) is 0 Å². The maximum Gasteiger partial charge on any atom is 0.592 e. The Morgan fingerprint density at radius 3 is 2.07 bits per heavy atom. The van der Waals surface area contributed by atoms with E-state index >= 15 is 0 Å². The fraction of sp³-hybridized carbons (Fsp3) is 0.211. The molecule has 0 aromatic heterocycles. The van der Waals surface area contributed by atoms with Gasteiger partial charge in [0.05, 0.1) is 0 Å². The number of aryl methyl sites for hydroxylation is 1. The molecule has 0 radical (unpaired) electrons. The zero-order chi connectivity index (χ0) is 20.5. The highest BCUT2D eigenvalue weighted by molar-refractivity contribution is 5.93. The molecule has 0 amide bonds. The van der Waals surface area contributed by atoms with E-state index in [2.05, 4.69) is 19.6 Å². The van der Waals surface area contributed by atoms with Gasteiger partial charge in [-0.25, -0.2) is 29.1 Å². The lowest BCUT2D eigenvalue weighted by atomic mass is 10.0. The Labute approximate surface area is 159 Å². The molecule has 2 rings (SSSR count). The minimum Gasteiger partial charge on any atom is -0.507 e. The second-order valence-corrected chi connectivity index (χ2v) is 5.59. The monoisotopic (exact) mass is 390 g/mol. The van der Waals surface area contributed by atoms with Gasteiger partial charge in [-0.3, -0.25) is 0 Å². The van der Waals surface area contributed by atoms with Gasteiger partial charge in [0.1, 0.15) is 22.6 Å². The average Bonchev–Trinajstić information content (AvgIpc) is 2.69. The van der Waals surface area contributed by atoms with Gasteiger partial charge in [0.25, 0.3) is 0 Å². The highest BCUT2D eigenvalue weighted by Crippen LogP contribution is 2.25. The molecular formula is C19H18O9. The van der Waals surface area contributed by atoms with Crippen LogP contribution in [0.15, 0.2) is 42.5 Å². The first-order valence-electron chi connectivity index (χ1n) is 8.34. The Morgan fingerprint density at radius 1 is 0.821 bits per heavy atom. The number of aromatic hydroxyl groups is 2. The molecule has 0 heterocycles. The molecule has 0 aliphatic carbocycles. The van der Waals surface area contributed by atoms with Crippen molar-refractivity contribution in [2.75, 3.05) is 0 Å². The van der Waals surface area contributed by atoms with Crippen molar-refractivity contribution in [2.45, 2.75) is 26.2 Å². The predicted molar refractivity (Wildman–Crippen MR) is 93.2 cm³/mol. The van der Waals surface area contributed by atoms with E-state index in [0.29, 0.717) is 12.0 Å². The van der Waals surface area contributed by atoms with Crippen LogP contribution < -0.4 is 0 Å². The van der Waals surface area contributed by atoms with Gasteiger partial charge in [0, 0.05) is 0 Å². The number of rotatable bonds is 5. The lowest BCUT2D eigenvalue weighted by Crippen LogP contribution is -2.16. The van der Waals surface area contributed by atoms with E-state index in [1.54, 1.807) is 12.1 Å². The summed E-state index contributed by atoms with van der Waals surface area (Å²) in [5.74, 6) is -2.96. The predicted octanol–water partition coefficient (Wildman–Crippen LogP) is 3.44. The van der Waals surface area contributed by atoms with Crippen molar-refractivity contribution in [1.82, 2.24) is 0 Å². The van der Waals surface area contributed by atoms with Crippen LogP contribution in [0, 0.1) is 0 Å². The standard InChI is InChI=1S/C19H18O9/c1-2-3-7-12-8-6-10-14(16(12)21)18(23)26-28-19(24)27-25-17(22)13-9-4-5-11-15(13)20/h4-6,8-11,20-21H,2-3,7H2,1H3. The third-order valence-electron chi connectivity index (χ3n) is 3.63. The summed E-state index contributed by atoms with van der Waals surface area (Å²) < 4.78 is 0. The lowest BCUT2D eigenvalue weighted by molar-refractivity contribution is -0.267. The molecule has 0 atom stereocenters. The third-order valence-corrected chi connectivity index (χ3v) is 3.63. The van der Waals surface area contributed by atoms with Crippen LogP contribution in [0.4, 0.5) is 4.79 Å². The van der Waals surface area contributed by atoms with Crippen molar-refractivity contribution < 1.29 is 44.1 Å². The van der Waals surface area contributed by atoms with E-state index in [4.69, 9.17) is 0 Å². The summed E-state index contributed by atoms with van der Waals surface area (Å²) in [4.78, 5) is 51.5. The molecule has 0 unspecified atom stereocenters. The summed E-state index contributed by atoms with van der Waals surface area (Å²) in [6.07, 6.45) is 0.646. The summed E-state index contributed by atoms with van der Waals surface area (Å²) in [6, 6.07) is 9.91. The molecule has 9 heteroatoms. The number of unbranched alkanes of at least 4 members (excludes halogenated alkanes) is 1. The maximum absolute atomic E-state index is 11.9. The van der Waals surface area contributed by atoms with Gasteiger partial charge in [-0.1, -0.05) is 37.6 Å². The molecule has 0 fully saturated rings. The van der Waals surface area contributed by atoms with Crippen molar-refractivity contribution in [3.8, 4) is 11.5 Å².